The average Bonchev–Trinajstić information content (AvgIpc) is 3.20. The van der Waals surface area contributed by atoms with E-state index in [0.29, 0.717) is 48.8 Å². The van der Waals surface area contributed by atoms with Gasteiger partial charge in [-0.25, -0.2) is 4.98 Å². The van der Waals surface area contributed by atoms with Crippen molar-refractivity contribution in [1.29, 1.82) is 0 Å². The van der Waals surface area contributed by atoms with Crippen LogP contribution in [0.25, 0.3) is 0 Å². The zero-order valence-electron chi connectivity index (χ0n) is 20.3. The maximum atomic E-state index is 13.2. The SMILES string of the molecule is Cc1cc(CSc2ncccc2C(=O)N2CCC(C(=O)NCC(C)(C)CN(C)C)CC2)no1. The lowest BCUT2D eigenvalue weighted by Gasteiger charge is -2.33. The van der Waals surface area contributed by atoms with Crippen molar-refractivity contribution in [2.45, 2.75) is 44.4 Å². The smallest absolute Gasteiger partial charge is 0.256 e. The highest BCUT2D eigenvalue weighted by Gasteiger charge is 2.30. The van der Waals surface area contributed by atoms with E-state index in [1.165, 1.54) is 11.8 Å². The van der Waals surface area contributed by atoms with Crippen LogP contribution in [0.5, 0.6) is 0 Å². The molecule has 0 aliphatic carbocycles. The van der Waals surface area contributed by atoms with Crippen LogP contribution in [0.2, 0.25) is 0 Å². The van der Waals surface area contributed by atoms with Crippen LogP contribution in [0.4, 0.5) is 0 Å². The number of carbonyl (C=O) groups is 2. The molecule has 3 rings (SSSR count). The van der Waals surface area contributed by atoms with E-state index < -0.39 is 0 Å². The van der Waals surface area contributed by atoms with Crippen LogP contribution < -0.4 is 5.32 Å². The minimum Gasteiger partial charge on any atom is -0.361 e. The Hall–Kier alpha value is -2.39. The number of carbonyl (C=O) groups excluding carboxylic acids is 2. The maximum Gasteiger partial charge on any atom is 0.256 e. The lowest BCUT2D eigenvalue weighted by molar-refractivity contribution is -0.126. The Morgan fingerprint density at radius 2 is 2.03 bits per heavy atom. The molecule has 33 heavy (non-hydrogen) atoms. The van der Waals surface area contributed by atoms with E-state index in [1.54, 1.807) is 12.3 Å². The summed E-state index contributed by atoms with van der Waals surface area (Å²) in [6, 6.07) is 5.49. The number of amides is 2. The summed E-state index contributed by atoms with van der Waals surface area (Å²) in [5.41, 5.74) is 1.42. The molecular weight excluding hydrogens is 438 g/mol. The number of nitrogens with one attached hydrogen (secondary N) is 1. The molecule has 8 nitrogen and oxygen atoms in total. The van der Waals surface area contributed by atoms with Crippen molar-refractivity contribution < 1.29 is 14.1 Å². The lowest BCUT2D eigenvalue weighted by atomic mass is 9.91. The second-order valence-electron chi connectivity index (χ2n) is 9.76. The molecule has 0 saturated carbocycles. The summed E-state index contributed by atoms with van der Waals surface area (Å²) < 4.78 is 5.11. The number of nitrogens with zero attached hydrogens (tertiary/aromatic N) is 4. The molecule has 0 bridgehead atoms. The van der Waals surface area contributed by atoms with Crippen LogP contribution in [-0.2, 0) is 10.5 Å². The Morgan fingerprint density at radius 3 is 2.67 bits per heavy atom. The third-order valence-electron chi connectivity index (χ3n) is 5.67. The third kappa shape index (κ3) is 7.30. The number of likely N-dealkylation sites (tertiary alicyclic amines) is 1. The molecule has 1 saturated heterocycles. The van der Waals surface area contributed by atoms with Gasteiger partial charge in [-0.05, 0) is 51.4 Å². The van der Waals surface area contributed by atoms with Crippen molar-refractivity contribution in [3.8, 4) is 0 Å². The number of hydrogen-bond acceptors (Lipinski definition) is 7. The van der Waals surface area contributed by atoms with Crippen LogP contribution in [0, 0.1) is 18.3 Å². The molecule has 9 heteroatoms. The molecule has 1 fully saturated rings. The molecule has 0 aromatic carbocycles. The molecule has 2 aromatic heterocycles. The van der Waals surface area contributed by atoms with Crippen molar-refractivity contribution in [1.82, 2.24) is 25.3 Å². The summed E-state index contributed by atoms with van der Waals surface area (Å²) in [6.45, 7) is 8.85. The van der Waals surface area contributed by atoms with E-state index in [1.807, 2.05) is 38.1 Å². The number of thioether (sulfide) groups is 1. The van der Waals surface area contributed by atoms with Crippen LogP contribution in [0.3, 0.4) is 0 Å². The van der Waals surface area contributed by atoms with Gasteiger partial charge in [0.2, 0.25) is 5.91 Å². The first-order valence-electron chi connectivity index (χ1n) is 11.4. The second kappa shape index (κ2) is 11.2. The fourth-order valence-corrected chi connectivity index (χ4v) is 5.06. The molecule has 0 spiro atoms. The van der Waals surface area contributed by atoms with Gasteiger partial charge in [-0.15, -0.1) is 0 Å². The van der Waals surface area contributed by atoms with Gasteiger partial charge in [0, 0.05) is 50.1 Å². The quantitative estimate of drug-likeness (QED) is 0.559. The van der Waals surface area contributed by atoms with E-state index >= 15 is 0 Å². The van der Waals surface area contributed by atoms with Crippen molar-refractivity contribution in [2.75, 3.05) is 40.3 Å². The Bertz CT molecular complexity index is 951. The zero-order valence-corrected chi connectivity index (χ0v) is 21.1. The Morgan fingerprint density at radius 1 is 1.30 bits per heavy atom. The number of aromatic nitrogens is 2. The minimum absolute atomic E-state index is 0.00881. The van der Waals surface area contributed by atoms with E-state index in [2.05, 4.69) is 34.2 Å². The largest absolute Gasteiger partial charge is 0.361 e. The van der Waals surface area contributed by atoms with Crippen molar-refractivity contribution in [3.05, 3.63) is 41.4 Å². The van der Waals surface area contributed by atoms with E-state index in [4.69, 9.17) is 4.52 Å². The topological polar surface area (TPSA) is 91.6 Å². The van der Waals surface area contributed by atoms with Crippen LogP contribution in [0.1, 0.15) is 48.5 Å². The summed E-state index contributed by atoms with van der Waals surface area (Å²) in [7, 11) is 4.08. The van der Waals surface area contributed by atoms with Crippen molar-refractivity contribution in [3.63, 3.8) is 0 Å². The lowest BCUT2D eigenvalue weighted by Crippen LogP contribution is -2.46. The molecule has 3 heterocycles. The van der Waals surface area contributed by atoms with Crippen molar-refractivity contribution in [2.24, 2.45) is 11.3 Å². The Kier molecular flexibility index (Phi) is 8.53. The predicted molar refractivity (Wildman–Crippen MR) is 129 cm³/mol. The fraction of sp³-hybridized carbons (Fsp3) is 0.583. The van der Waals surface area contributed by atoms with E-state index in [9.17, 15) is 9.59 Å². The summed E-state index contributed by atoms with van der Waals surface area (Å²) >= 11 is 1.48. The average molecular weight is 474 g/mol. The highest BCUT2D eigenvalue weighted by molar-refractivity contribution is 7.98. The monoisotopic (exact) mass is 473 g/mol. The first-order valence-corrected chi connectivity index (χ1v) is 12.3. The number of aryl methyl sites for hydroxylation is 1. The Labute approximate surface area is 200 Å². The van der Waals surface area contributed by atoms with E-state index in [-0.39, 0.29) is 23.1 Å². The molecule has 1 aliphatic heterocycles. The highest BCUT2D eigenvalue weighted by atomic mass is 32.2. The predicted octanol–water partition coefficient (Wildman–Crippen LogP) is 3.23. The van der Waals surface area contributed by atoms with Gasteiger partial charge in [-0.3, -0.25) is 9.59 Å². The van der Waals surface area contributed by atoms with Crippen LogP contribution >= 0.6 is 11.8 Å². The van der Waals surface area contributed by atoms with Gasteiger partial charge < -0.3 is 19.6 Å². The minimum atomic E-state index is -0.0534. The summed E-state index contributed by atoms with van der Waals surface area (Å²) in [5.74, 6) is 1.35. The number of piperidine rings is 1. The Balaban J connectivity index is 1.52. The standard InChI is InChI=1S/C24H35N5O3S/c1-17-13-19(27-32-17)14-33-22-20(7-6-10-25-22)23(31)29-11-8-18(9-12-29)21(30)26-15-24(2,3)16-28(4)5/h6-7,10,13,18H,8-9,11-12,14-16H2,1-5H3,(H,26,30). The van der Waals surface area contributed by atoms with Crippen LogP contribution in [0.15, 0.2) is 33.9 Å². The van der Waals surface area contributed by atoms with Gasteiger partial charge in [-0.2, -0.15) is 0 Å². The number of pyridine rings is 1. The molecule has 0 atom stereocenters. The fourth-order valence-electron chi connectivity index (χ4n) is 4.19. The first kappa shape index (κ1) is 25.2. The normalized spacial score (nSPS) is 15.2. The highest BCUT2D eigenvalue weighted by Crippen LogP contribution is 2.27. The summed E-state index contributed by atoms with van der Waals surface area (Å²) in [5, 5.41) is 7.81. The number of hydrogen-bond donors (Lipinski definition) is 1. The molecule has 1 aliphatic rings. The first-order chi connectivity index (χ1) is 15.6. The van der Waals surface area contributed by atoms with Gasteiger partial charge in [0.05, 0.1) is 11.3 Å². The molecule has 180 valence electrons. The van der Waals surface area contributed by atoms with Gasteiger partial charge in [0.1, 0.15) is 10.8 Å². The second-order valence-corrected chi connectivity index (χ2v) is 10.7. The molecule has 2 amide bonds. The number of rotatable bonds is 9. The molecule has 1 N–H and O–H groups in total. The van der Waals surface area contributed by atoms with Gasteiger partial charge >= 0.3 is 0 Å². The summed E-state index contributed by atoms with van der Waals surface area (Å²) in [6.07, 6.45) is 3.04. The van der Waals surface area contributed by atoms with Crippen LogP contribution in [-0.4, -0.2) is 72.0 Å². The molecular formula is C24H35N5O3S. The molecule has 0 radical (unpaired) electrons. The molecule has 0 unspecified atom stereocenters. The van der Waals surface area contributed by atoms with E-state index in [0.717, 1.165) is 18.0 Å². The third-order valence-corrected chi connectivity index (χ3v) is 6.71. The van der Waals surface area contributed by atoms with Crippen molar-refractivity contribution >= 4 is 23.6 Å². The maximum absolute atomic E-state index is 13.2. The zero-order chi connectivity index (χ0) is 24.0. The van der Waals surface area contributed by atoms with Gasteiger partial charge in [0.25, 0.3) is 5.91 Å². The van der Waals surface area contributed by atoms with Gasteiger partial charge in [-0.1, -0.05) is 30.8 Å². The van der Waals surface area contributed by atoms with Gasteiger partial charge in [0.15, 0.2) is 0 Å². The summed E-state index contributed by atoms with van der Waals surface area (Å²) in [4.78, 5) is 34.3. The molecule has 2 aromatic rings.